The van der Waals surface area contributed by atoms with Gasteiger partial charge < -0.3 is 5.32 Å². The molecule has 1 N–H and O–H groups in total. The molecule has 0 saturated carbocycles. The summed E-state index contributed by atoms with van der Waals surface area (Å²) in [6, 6.07) is 18.9. The Morgan fingerprint density at radius 1 is 0.880 bits per heavy atom. The third-order valence-electron chi connectivity index (χ3n) is 4.63. The first-order valence-corrected chi connectivity index (χ1v) is 8.89. The van der Waals surface area contributed by atoms with Crippen molar-refractivity contribution in [2.24, 2.45) is 5.92 Å². The second-order valence-electron chi connectivity index (χ2n) is 6.46. The third-order valence-corrected chi connectivity index (χ3v) is 4.88. The fourth-order valence-corrected chi connectivity index (χ4v) is 3.34. The van der Waals surface area contributed by atoms with Crippen LogP contribution in [0.2, 0.25) is 5.02 Å². The van der Waals surface area contributed by atoms with Gasteiger partial charge in [-0.3, -0.25) is 4.90 Å². The van der Waals surface area contributed by atoms with Crippen LogP contribution in [-0.2, 0) is 13.1 Å². The van der Waals surface area contributed by atoms with E-state index in [1.54, 1.807) is 0 Å². The van der Waals surface area contributed by atoms with Crippen LogP contribution in [-0.4, -0.2) is 24.5 Å². The van der Waals surface area contributed by atoms with Crippen LogP contribution in [0.3, 0.4) is 0 Å². The van der Waals surface area contributed by atoms with Crippen LogP contribution in [0.1, 0.15) is 24.0 Å². The highest BCUT2D eigenvalue weighted by molar-refractivity contribution is 6.30. The van der Waals surface area contributed by atoms with Gasteiger partial charge in [0.05, 0.1) is 0 Å². The highest BCUT2D eigenvalue weighted by Gasteiger charge is 2.18. The predicted octanol–water partition coefficient (Wildman–Crippen LogP) is 5.19. The summed E-state index contributed by atoms with van der Waals surface area (Å²) >= 11 is 5.91. The molecule has 0 spiro atoms. The monoisotopic (exact) mass is 400 g/mol. The molecular weight excluding hydrogens is 375 g/mol. The second kappa shape index (κ2) is 11.8. The van der Waals surface area contributed by atoms with Gasteiger partial charge in [0.2, 0.25) is 0 Å². The van der Waals surface area contributed by atoms with Gasteiger partial charge >= 0.3 is 0 Å². The minimum Gasteiger partial charge on any atom is -0.312 e. The molecule has 2 nitrogen and oxygen atoms in total. The number of rotatable bonds is 6. The van der Waals surface area contributed by atoms with E-state index in [1.807, 2.05) is 12.1 Å². The Bertz CT molecular complexity index is 582. The van der Waals surface area contributed by atoms with E-state index in [2.05, 4.69) is 52.7 Å². The topological polar surface area (TPSA) is 15.3 Å². The molecule has 2 aromatic carbocycles. The Hall–Kier alpha value is -0.770. The Balaban J connectivity index is 0.00000156. The van der Waals surface area contributed by atoms with Crippen LogP contribution < -0.4 is 5.32 Å². The molecule has 0 atom stereocenters. The molecule has 0 amide bonds. The fraction of sp³-hybridized carbons (Fsp3) is 0.400. The zero-order valence-corrected chi connectivity index (χ0v) is 16.8. The van der Waals surface area contributed by atoms with Crippen LogP contribution >= 0.6 is 36.4 Å². The van der Waals surface area contributed by atoms with E-state index in [4.69, 9.17) is 11.6 Å². The second-order valence-corrected chi connectivity index (χ2v) is 6.90. The molecule has 2 aromatic rings. The fourth-order valence-electron chi connectivity index (χ4n) is 3.21. The standard InChI is InChI=1S/C20H25ClN2.2ClH/c21-20-8-6-17(7-9-20)14-22-15-18-10-12-23(13-11-18)16-19-4-2-1-3-5-19;;/h1-9,18,22H,10-16H2;2*1H. The van der Waals surface area contributed by atoms with Crippen molar-refractivity contribution in [3.8, 4) is 0 Å². The molecule has 1 aliphatic heterocycles. The highest BCUT2D eigenvalue weighted by Crippen LogP contribution is 2.18. The number of nitrogens with zero attached hydrogens (tertiary/aromatic N) is 1. The SMILES string of the molecule is Cl.Cl.Clc1ccc(CNCC2CCN(Cc3ccccc3)CC2)cc1. The van der Waals surface area contributed by atoms with Gasteiger partial charge in [0.15, 0.2) is 0 Å². The summed E-state index contributed by atoms with van der Waals surface area (Å²) < 4.78 is 0. The summed E-state index contributed by atoms with van der Waals surface area (Å²) in [6.45, 7) is 5.55. The molecular formula is C20H27Cl3N2. The molecule has 0 aliphatic carbocycles. The van der Waals surface area contributed by atoms with Crippen LogP contribution in [0, 0.1) is 5.92 Å². The van der Waals surface area contributed by atoms with Crippen molar-refractivity contribution in [1.29, 1.82) is 0 Å². The minimum absolute atomic E-state index is 0. The molecule has 1 heterocycles. The summed E-state index contributed by atoms with van der Waals surface area (Å²) in [4.78, 5) is 2.57. The number of hydrogen-bond acceptors (Lipinski definition) is 2. The first-order valence-electron chi connectivity index (χ1n) is 8.51. The molecule has 3 rings (SSSR count). The Morgan fingerprint density at radius 2 is 1.52 bits per heavy atom. The maximum Gasteiger partial charge on any atom is 0.0406 e. The maximum atomic E-state index is 5.91. The molecule has 1 saturated heterocycles. The normalized spacial score (nSPS) is 15.2. The zero-order valence-electron chi connectivity index (χ0n) is 14.4. The van der Waals surface area contributed by atoms with Crippen molar-refractivity contribution in [3.05, 3.63) is 70.7 Å². The molecule has 1 fully saturated rings. The average molecular weight is 402 g/mol. The van der Waals surface area contributed by atoms with Crippen molar-refractivity contribution in [1.82, 2.24) is 10.2 Å². The summed E-state index contributed by atoms with van der Waals surface area (Å²) in [5.74, 6) is 0.800. The summed E-state index contributed by atoms with van der Waals surface area (Å²) in [6.07, 6.45) is 2.58. The largest absolute Gasteiger partial charge is 0.312 e. The predicted molar refractivity (Wildman–Crippen MR) is 112 cm³/mol. The van der Waals surface area contributed by atoms with Gasteiger partial charge in [-0.15, -0.1) is 24.8 Å². The Morgan fingerprint density at radius 3 is 2.16 bits per heavy atom. The lowest BCUT2D eigenvalue weighted by Crippen LogP contribution is -2.36. The van der Waals surface area contributed by atoms with Crippen molar-refractivity contribution in [3.63, 3.8) is 0 Å². The Labute approximate surface area is 168 Å². The lowest BCUT2D eigenvalue weighted by atomic mass is 9.96. The van der Waals surface area contributed by atoms with E-state index in [1.165, 1.54) is 37.1 Å². The summed E-state index contributed by atoms with van der Waals surface area (Å²) in [7, 11) is 0. The average Bonchev–Trinajstić information content (AvgIpc) is 2.59. The van der Waals surface area contributed by atoms with Gasteiger partial charge in [-0.25, -0.2) is 0 Å². The molecule has 1 aliphatic rings. The van der Waals surface area contributed by atoms with Gasteiger partial charge in [-0.05, 0) is 61.7 Å². The van der Waals surface area contributed by atoms with E-state index < -0.39 is 0 Å². The molecule has 0 unspecified atom stereocenters. The molecule has 0 aromatic heterocycles. The van der Waals surface area contributed by atoms with Gasteiger partial charge in [0.1, 0.15) is 0 Å². The molecule has 138 valence electrons. The number of nitrogens with one attached hydrogen (secondary N) is 1. The Kier molecular flexibility index (Phi) is 10.5. The van der Waals surface area contributed by atoms with Gasteiger partial charge in [0.25, 0.3) is 0 Å². The highest BCUT2D eigenvalue weighted by atomic mass is 35.5. The number of likely N-dealkylation sites (tertiary alicyclic amines) is 1. The maximum absolute atomic E-state index is 5.91. The van der Waals surface area contributed by atoms with Crippen molar-refractivity contribution < 1.29 is 0 Å². The lowest BCUT2D eigenvalue weighted by Gasteiger charge is -2.32. The summed E-state index contributed by atoms with van der Waals surface area (Å²) in [5, 5.41) is 4.40. The molecule has 25 heavy (non-hydrogen) atoms. The van der Waals surface area contributed by atoms with Crippen molar-refractivity contribution >= 4 is 36.4 Å². The molecule has 0 bridgehead atoms. The van der Waals surface area contributed by atoms with Gasteiger partial charge in [-0.2, -0.15) is 0 Å². The minimum atomic E-state index is 0. The lowest BCUT2D eigenvalue weighted by molar-refractivity contribution is 0.175. The van der Waals surface area contributed by atoms with E-state index >= 15 is 0 Å². The van der Waals surface area contributed by atoms with Crippen molar-refractivity contribution in [2.75, 3.05) is 19.6 Å². The van der Waals surface area contributed by atoms with Crippen LogP contribution in [0.25, 0.3) is 0 Å². The van der Waals surface area contributed by atoms with Crippen LogP contribution in [0.5, 0.6) is 0 Å². The first kappa shape index (κ1) is 22.3. The van der Waals surface area contributed by atoms with Gasteiger partial charge in [0, 0.05) is 18.1 Å². The number of hydrogen-bond donors (Lipinski definition) is 1. The number of halogens is 3. The van der Waals surface area contributed by atoms with Gasteiger partial charge in [-0.1, -0.05) is 54.1 Å². The first-order chi connectivity index (χ1) is 11.3. The van der Waals surface area contributed by atoms with Crippen molar-refractivity contribution in [2.45, 2.75) is 25.9 Å². The smallest absolute Gasteiger partial charge is 0.0406 e. The van der Waals surface area contributed by atoms with Crippen LogP contribution in [0.4, 0.5) is 0 Å². The van der Waals surface area contributed by atoms with E-state index in [9.17, 15) is 0 Å². The van der Waals surface area contributed by atoms with E-state index in [-0.39, 0.29) is 24.8 Å². The molecule has 5 heteroatoms. The van der Waals surface area contributed by atoms with E-state index in [0.717, 1.165) is 30.6 Å². The number of benzene rings is 2. The molecule has 0 radical (unpaired) electrons. The zero-order chi connectivity index (χ0) is 15.9. The third kappa shape index (κ3) is 7.55. The summed E-state index contributed by atoms with van der Waals surface area (Å²) in [5.41, 5.74) is 2.72. The number of piperidine rings is 1. The van der Waals surface area contributed by atoms with Crippen LogP contribution in [0.15, 0.2) is 54.6 Å². The quantitative estimate of drug-likeness (QED) is 0.717. The van der Waals surface area contributed by atoms with E-state index in [0.29, 0.717) is 0 Å².